The smallest absolute Gasteiger partial charge is 0.324 e. The van der Waals surface area contributed by atoms with Gasteiger partial charge in [-0.2, -0.15) is 5.10 Å². The number of nitrogens with one attached hydrogen (secondary N) is 3. The Bertz CT molecular complexity index is 1970. The molecule has 11 heteroatoms. The van der Waals surface area contributed by atoms with Gasteiger partial charge < -0.3 is 15.4 Å². The molecule has 0 bridgehead atoms. The van der Waals surface area contributed by atoms with Gasteiger partial charge in [-0.1, -0.05) is 62.7 Å². The Kier molecular flexibility index (Phi) is 8.30. The Morgan fingerprint density at radius 2 is 1.69 bits per heavy atom. The predicted molar refractivity (Wildman–Crippen MR) is 178 cm³/mol. The first-order chi connectivity index (χ1) is 21.7. The van der Waals surface area contributed by atoms with Crippen LogP contribution in [0.1, 0.15) is 32.0 Å². The summed E-state index contributed by atoms with van der Waals surface area (Å²) < 4.78 is 7.93. The van der Waals surface area contributed by atoms with Crippen molar-refractivity contribution in [2.24, 2.45) is 0 Å². The fraction of sp³-hybridized carbons (Fsp3) is 0.147. The van der Waals surface area contributed by atoms with Crippen LogP contribution >= 0.6 is 11.6 Å². The second kappa shape index (κ2) is 12.6. The highest BCUT2D eigenvalue weighted by Crippen LogP contribution is 2.33. The van der Waals surface area contributed by atoms with Crippen molar-refractivity contribution in [3.05, 3.63) is 120 Å². The van der Waals surface area contributed by atoms with Crippen molar-refractivity contribution in [2.75, 3.05) is 16.0 Å². The molecule has 0 fully saturated rings. The van der Waals surface area contributed by atoms with Crippen molar-refractivity contribution in [2.45, 2.75) is 32.8 Å². The summed E-state index contributed by atoms with van der Waals surface area (Å²) in [5.41, 5.74) is 2.91. The lowest BCUT2D eigenvalue weighted by atomic mass is 9.92. The lowest BCUT2D eigenvalue weighted by Crippen LogP contribution is -2.21. The third-order valence-electron chi connectivity index (χ3n) is 6.94. The maximum Gasteiger partial charge on any atom is 0.324 e. The number of ether oxygens (including phenoxy) is 1. The average Bonchev–Trinajstić information content (AvgIpc) is 3.46. The van der Waals surface area contributed by atoms with Crippen LogP contribution < -0.4 is 20.7 Å². The van der Waals surface area contributed by atoms with Gasteiger partial charge in [0.2, 0.25) is 0 Å². The highest BCUT2D eigenvalue weighted by atomic mass is 35.5. The molecule has 0 spiro atoms. The van der Waals surface area contributed by atoms with Crippen molar-refractivity contribution in [1.29, 1.82) is 0 Å². The summed E-state index contributed by atoms with van der Waals surface area (Å²) in [6, 6.07) is 24.1. The molecule has 0 saturated heterocycles. The van der Waals surface area contributed by atoms with Crippen molar-refractivity contribution < 1.29 is 9.53 Å². The summed E-state index contributed by atoms with van der Waals surface area (Å²) in [6.45, 7) is 6.53. The van der Waals surface area contributed by atoms with Crippen molar-refractivity contribution in [3.8, 4) is 11.4 Å². The van der Waals surface area contributed by atoms with Gasteiger partial charge in [-0.15, -0.1) is 0 Å². The molecule has 0 aliphatic rings. The molecule has 0 radical (unpaired) electrons. The number of urea groups is 1. The number of hydrogen-bond acceptors (Lipinski definition) is 7. The summed E-state index contributed by atoms with van der Waals surface area (Å²) in [5, 5.41) is 16.2. The maximum absolute atomic E-state index is 13.4. The summed E-state index contributed by atoms with van der Waals surface area (Å²) in [4.78, 5) is 26.0. The zero-order valence-electron chi connectivity index (χ0n) is 25.0. The first-order valence-electron chi connectivity index (χ1n) is 14.3. The number of aromatic nitrogens is 5. The van der Waals surface area contributed by atoms with Crippen molar-refractivity contribution >= 4 is 51.5 Å². The first kappa shape index (κ1) is 29.6. The van der Waals surface area contributed by atoms with E-state index >= 15 is 0 Å². The zero-order chi connectivity index (χ0) is 31.4. The number of nitrogens with zero attached hydrogens (tertiary/aromatic N) is 5. The third-order valence-corrected chi connectivity index (χ3v) is 7.18. The number of rotatable bonds is 8. The van der Waals surface area contributed by atoms with E-state index in [4.69, 9.17) is 21.4 Å². The standard InChI is InChI=1S/C34H31ClN8O2/c1-34(2,3)29-19-32(43(42-29)24-8-6-7-23(35)18-24)41-33(44)39-27-11-12-28(26-10-5-4-9-25(26)27)45-21-22-13-14-37-30(17-22)40-31-20-36-15-16-38-31/h4-20H,21H2,1-3H3,(H,37,38,40)(H2,39,41,44). The van der Waals surface area contributed by atoms with Gasteiger partial charge in [0.1, 0.15) is 29.8 Å². The van der Waals surface area contributed by atoms with Crippen LogP contribution in [-0.2, 0) is 12.0 Å². The van der Waals surface area contributed by atoms with Crippen LogP contribution in [0.5, 0.6) is 5.75 Å². The largest absolute Gasteiger partial charge is 0.488 e. The summed E-state index contributed by atoms with van der Waals surface area (Å²) in [6.07, 6.45) is 6.57. The van der Waals surface area contributed by atoms with Crippen LogP contribution in [0, 0.1) is 0 Å². The van der Waals surface area contributed by atoms with Gasteiger partial charge in [-0.25, -0.2) is 19.4 Å². The first-order valence-corrected chi connectivity index (χ1v) is 14.7. The van der Waals surface area contributed by atoms with Crippen LogP contribution in [0.25, 0.3) is 16.5 Å². The molecule has 0 unspecified atom stereocenters. The zero-order valence-corrected chi connectivity index (χ0v) is 25.7. The molecule has 6 aromatic rings. The Labute approximate surface area is 265 Å². The third kappa shape index (κ3) is 7.02. The van der Waals surface area contributed by atoms with Gasteiger partial charge in [0.05, 0.1) is 23.3 Å². The Hall–Kier alpha value is -5.48. The van der Waals surface area contributed by atoms with Crippen molar-refractivity contribution in [3.63, 3.8) is 0 Å². The SMILES string of the molecule is CC(C)(C)c1cc(NC(=O)Nc2ccc(OCc3ccnc(Nc4cnccn4)c3)c3ccccc23)n(-c2cccc(Cl)c2)n1. The molecule has 45 heavy (non-hydrogen) atoms. The number of amides is 2. The molecule has 3 aromatic carbocycles. The van der Waals surface area contributed by atoms with E-state index in [-0.39, 0.29) is 5.41 Å². The highest BCUT2D eigenvalue weighted by molar-refractivity contribution is 6.30. The van der Waals surface area contributed by atoms with E-state index in [2.05, 4.69) is 51.7 Å². The number of pyridine rings is 1. The average molecular weight is 619 g/mol. The van der Waals surface area contributed by atoms with E-state index in [1.165, 1.54) is 0 Å². The number of anilines is 4. The van der Waals surface area contributed by atoms with Crippen LogP contribution in [-0.4, -0.2) is 30.8 Å². The molecule has 3 aromatic heterocycles. The minimum absolute atomic E-state index is 0.228. The minimum Gasteiger partial charge on any atom is -0.488 e. The Morgan fingerprint density at radius 3 is 2.47 bits per heavy atom. The molecule has 0 aliphatic heterocycles. The van der Waals surface area contributed by atoms with Crippen LogP contribution in [0.3, 0.4) is 0 Å². The molecule has 2 amide bonds. The van der Waals surface area contributed by atoms with Gasteiger partial charge in [-0.3, -0.25) is 10.3 Å². The summed E-state index contributed by atoms with van der Waals surface area (Å²) >= 11 is 6.26. The van der Waals surface area contributed by atoms with Gasteiger partial charge in [0.25, 0.3) is 0 Å². The monoisotopic (exact) mass is 618 g/mol. The molecule has 3 heterocycles. The quantitative estimate of drug-likeness (QED) is 0.158. The predicted octanol–water partition coefficient (Wildman–Crippen LogP) is 8.13. The van der Waals surface area contributed by atoms with Crippen molar-refractivity contribution in [1.82, 2.24) is 24.7 Å². The highest BCUT2D eigenvalue weighted by Gasteiger charge is 2.22. The molecular weight excluding hydrogens is 588 g/mol. The van der Waals surface area contributed by atoms with E-state index in [1.807, 2.05) is 66.7 Å². The summed E-state index contributed by atoms with van der Waals surface area (Å²) in [7, 11) is 0. The van der Waals surface area contributed by atoms with E-state index < -0.39 is 6.03 Å². The number of halogens is 1. The molecule has 0 aliphatic carbocycles. The molecule has 226 valence electrons. The second-order valence-corrected chi connectivity index (χ2v) is 11.8. The van der Waals surface area contributed by atoms with Crippen LogP contribution in [0.4, 0.5) is 27.9 Å². The number of carbonyl (C=O) groups excluding carboxylic acids is 1. The Balaban J connectivity index is 1.20. The number of hydrogen-bond donors (Lipinski definition) is 3. The maximum atomic E-state index is 13.4. The van der Waals surface area contributed by atoms with E-state index in [0.717, 1.165) is 27.7 Å². The summed E-state index contributed by atoms with van der Waals surface area (Å²) in [5.74, 6) is 2.45. The fourth-order valence-corrected chi connectivity index (χ4v) is 4.89. The van der Waals surface area contributed by atoms with Gasteiger partial charge in [-0.05, 0) is 48.0 Å². The van der Waals surface area contributed by atoms with Gasteiger partial charge in [0, 0.05) is 45.9 Å². The molecule has 10 nitrogen and oxygen atoms in total. The topological polar surface area (TPSA) is 119 Å². The van der Waals surface area contributed by atoms with E-state index in [1.54, 1.807) is 41.6 Å². The number of fused-ring (bicyclic) bond motifs is 1. The van der Waals surface area contributed by atoms with Crippen LogP contribution in [0.15, 0.2) is 104 Å². The molecular formula is C34H31ClN8O2. The molecule has 0 atom stereocenters. The fourth-order valence-electron chi connectivity index (χ4n) is 4.71. The van der Waals surface area contributed by atoms with Gasteiger partial charge in [0.15, 0.2) is 0 Å². The molecule has 0 saturated carbocycles. The van der Waals surface area contributed by atoms with E-state index in [0.29, 0.717) is 40.5 Å². The Morgan fingerprint density at radius 1 is 0.867 bits per heavy atom. The second-order valence-electron chi connectivity index (χ2n) is 11.3. The lowest BCUT2D eigenvalue weighted by molar-refractivity contribution is 0.262. The number of carbonyl (C=O) groups is 1. The number of benzene rings is 3. The molecule has 6 rings (SSSR count). The lowest BCUT2D eigenvalue weighted by Gasteiger charge is -2.15. The normalized spacial score (nSPS) is 11.3. The van der Waals surface area contributed by atoms with Crippen LogP contribution in [0.2, 0.25) is 5.02 Å². The van der Waals surface area contributed by atoms with E-state index in [9.17, 15) is 4.79 Å². The molecule has 3 N–H and O–H groups in total. The minimum atomic E-state index is -0.405. The van der Waals surface area contributed by atoms with Gasteiger partial charge >= 0.3 is 6.03 Å².